The van der Waals surface area contributed by atoms with Gasteiger partial charge < -0.3 is 50.0 Å². The summed E-state index contributed by atoms with van der Waals surface area (Å²) >= 11 is 0. The molecule has 5 aliphatic rings. The number of aliphatic hydroxyl groups is 3. The molecule has 2 aromatic carbocycles. The van der Waals surface area contributed by atoms with Crippen LogP contribution in [-0.4, -0.2) is 104 Å². The lowest BCUT2D eigenvalue weighted by atomic mass is 9.78. The number of likely N-dealkylation sites (tertiary alicyclic amines) is 1. The van der Waals surface area contributed by atoms with Crippen molar-refractivity contribution in [2.45, 2.75) is 118 Å². The number of aromatic hydroxyl groups is 2. The van der Waals surface area contributed by atoms with Crippen LogP contribution in [0, 0.1) is 36.5 Å². The molecule has 326 valence electrons. The van der Waals surface area contributed by atoms with Crippen LogP contribution in [-0.2, 0) is 19.1 Å². The minimum atomic E-state index is -2.01. The third-order valence-electron chi connectivity index (χ3n) is 12.6. The number of piperidine rings is 1. The summed E-state index contributed by atoms with van der Waals surface area (Å²) in [6.07, 6.45) is 3.75. The second-order valence-electron chi connectivity index (χ2n) is 17.7. The van der Waals surface area contributed by atoms with Gasteiger partial charge >= 0.3 is 11.8 Å². The molecule has 15 heteroatoms. The quantitative estimate of drug-likeness (QED) is 0.190. The number of hydrogen-bond acceptors (Lipinski definition) is 14. The maximum absolute atomic E-state index is 14.6. The molecule has 2 aromatic rings. The summed E-state index contributed by atoms with van der Waals surface area (Å²) < 4.78 is 17.8. The Morgan fingerprint density at radius 2 is 1.60 bits per heavy atom. The number of nitrogens with one attached hydrogen (secondary N) is 1. The van der Waals surface area contributed by atoms with Crippen molar-refractivity contribution in [1.29, 1.82) is 0 Å². The number of ether oxygens (including phenoxy) is 3. The molecule has 0 radical (unpaired) electrons. The Morgan fingerprint density at radius 3 is 2.23 bits per heavy atom. The van der Waals surface area contributed by atoms with Crippen molar-refractivity contribution in [2.24, 2.45) is 39.6 Å². The molecular formula is C45H60N4O11. The van der Waals surface area contributed by atoms with Gasteiger partial charge in [0.1, 0.15) is 28.6 Å². The largest absolute Gasteiger partial charge is 0.507 e. The van der Waals surface area contributed by atoms with Crippen LogP contribution in [0.1, 0.15) is 91.1 Å². The third-order valence-corrected chi connectivity index (χ3v) is 12.6. The molecule has 6 N–H and O–H groups in total. The molecule has 1 spiro atoms. The van der Waals surface area contributed by atoms with Gasteiger partial charge in [0, 0.05) is 86.5 Å². The van der Waals surface area contributed by atoms with E-state index >= 15 is 0 Å². The van der Waals surface area contributed by atoms with E-state index in [4.69, 9.17) is 24.2 Å². The SMILES string of the molecule is CC(=O)O[C@H]1[C@H](C)[C@H](O)[C@H](C)[C@@H](O)[C@@H](C)/C=C/C=C(/C)C(=O)Nc2c(O)c3c(O)c(C)c4c(c3c3c2=NC2(CCN(CC(C)C)CC2)N=3)C(=O)[C@@](C)(O/C=C/[C@H](O)[C@H]1C)O4. The molecule has 5 heterocycles. The number of aliphatic hydroxyl groups excluding tert-OH is 3. The zero-order chi connectivity index (χ0) is 44.2. The number of esters is 1. The number of benzene rings is 2. The van der Waals surface area contributed by atoms with E-state index in [1.165, 1.54) is 26.8 Å². The predicted octanol–water partition coefficient (Wildman–Crippen LogP) is 4.10. The van der Waals surface area contributed by atoms with E-state index in [1.807, 2.05) is 0 Å². The van der Waals surface area contributed by atoms with Crippen molar-refractivity contribution in [2.75, 3.05) is 25.0 Å². The van der Waals surface area contributed by atoms with E-state index in [9.17, 15) is 39.9 Å². The van der Waals surface area contributed by atoms with Crippen LogP contribution in [0.3, 0.4) is 0 Å². The number of anilines is 1. The summed E-state index contributed by atoms with van der Waals surface area (Å²) in [4.78, 5) is 53.3. The Morgan fingerprint density at radius 1 is 0.950 bits per heavy atom. The summed E-state index contributed by atoms with van der Waals surface area (Å²) in [5.41, 5.74) is -0.676. The second kappa shape index (κ2) is 16.9. The van der Waals surface area contributed by atoms with Crippen LogP contribution in [0.25, 0.3) is 10.8 Å². The Bertz CT molecular complexity index is 2280. The van der Waals surface area contributed by atoms with Crippen molar-refractivity contribution in [3.05, 3.63) is 58.0 Å². The van der Waals surface area contributed by atoms with E-state index in [2.05, 4.69) is 24.1 Å². The zero-order valence-corrected chi connectivity index (χ0v) is 36.1. The van der Waals surface area contributed by atoms with Crippen LogP contribution in [0.15, 0.2) is 46.1 Å². The maximum atomic E-state index is 14.6. The van der Waals surface area contributed by atoms with Gasteiger partial charge in [-0.25, -0.2) is 0 Å². The number of hydrogen-bond donors (Lipinski definition) is 6. The summed E-state index contributed by atoms with van der Waals surface area (Å²) in [6.45, 7) is 19.0. The van der Waals surface area contributed by atoms with E-state index in [0.29, 0.717) is 31.8 Å². The highest BCUT2D eigenvalue weighted by molar-refractivity contribution is 6.19. The van der Waals surface area contributed by atoms with Gasteiger partial charge in [-0.3, -0.25) is 24.4 Å². The lowest BCUT2D eigenvalue weighted by Gasteiger charge is -2.37. The van der Waals surface area contributed by atoms with Crippen LogP contribution in [0.2, 0.25) is 0 Å². The number of rotatable bonds is 3. The number of fused-ring (bicyclic) bond motifs is 13. The smallest absolute Gasteiger partial charge is 0.312 e. The number of phenols is 2. The van der Waals surface area contributed by atoms with Gasteiger partial charge in [-0.2, -0.15) is 0 Å². The standard InChI is InChI=1S/C45H60N4O11/c1-21(2)20-49-17-15-45(16-18-49)47-33-30-31-38(54)27(8)41-32(30)42(56)44(10,60-41)58-19-14-29(51)24(5)40(59-28(9)50)26(7)37(53)25(6)36(52)22(3)12-11-13-23(4)43(57)46-35(39(31)55)34(33)48-45/h11-14,19,21-22,24-26,29,36-37,40,51-55H,15-18,20H2,1-10H3,(H,46,57)/b12-11+,19-14+,23-13-/t22-,24+,25+,26+,29-,36-,37+,40+,44-/m0/s1. The molecule has 0 aliphatic carbocycles. The number of nitrogens with zero attached hydrogens (tertiary/aromatic N) is 3. The molecule has 5 aliphatic heterocycles. The van der Waals surface area contributed by atoms with Gasteiger partial charge in [0.15, 0.2) is 11.4 Å². The number of amides is 1. The van der Waals surface area contributed by atoms with Gasteiger partial charge in [0.2, 0.25) is 0 Å². The monoisotopic (exact) mass is 832 g/mol. The average molecular weight is 833 g/mol. The number of Topliss-reactive ketones (excluding diaryl/α,β-unsaturated/α-hetero) is 1. The molecule has 0 aromatic heterocycles. The molecule has 1 fully saturated rings. The molecule has 1 saturated heterocycles. The fourth-order valence-corrected chi connectivity index (χ4v) is 8.92. The molecule has 15 nitrogen and oxygen atoms in total. The van der Waals surface area contributed by atoms with Gasteiger partial charge in [0.05, 0.1) is 40.9 Å². The molecule has 9 atom stereocenters. The van der Waals surface area contributed by atoms with E-state index in [-0.39, 0.29) is 49.6 Å². The van der Waals surface area contributed by atoms with E-state index in [0.717, 1.165) is 12.8 Å². The average Bonchev–Trinajstić information content (AvgIpc) is 3.69. The summed E-state index contributed by atoms with van der Waals surface area (Å²) in [5.74, 6) is -7.08. The fraction of sp³-hybridized carbons (Fsp3) is 0.578. The number of carbonyl (C=O) groups is 3. The van der Waals surface area contributed by atoms with Crippen molar-refractivity contribution in [3.8, 4) is 17.2 Å². The number of allylic oxidation sites excluding steroid dienone is 2. The molecule has 60 heavy (non-hydrogen) atoms. The van der Waals surface area contributed by atoms with Gasteiger partial charge in [-0.1, -0.05) is 59.8 Å². The highest BCUT2D eigenvalue weighted by atomic mass is 16.7. The molecule has 0 saturated carbocycles. The van der Waals surface area contributed by atoms with Crippen LogP contribution < -0.4 is 20.8 Å². The predicted molar refractivity (Wildman–Crippen MR) is 223 cm³/mol. The highest BCUT2D eigenvalue weighted by Crippen LogP contribution is 2.50. The molecule has 5 bridgehead atoms. The first-order chi connectivity index (χ1) is 28.1. The third kappa shape index (κ3) is 8.16. The topological polar surface area (TPSA) is 220 Å². The minimum absolute atomic E-state index is 0.00150. The fourth-order valence-electron chi connectivity index (χ4n) is 8.92. The van der Waals surface area contributed by atoms with E-state index in [1.54, 1.807) is 52.8 Å². The number of carbonyl (C=O) groups excluding carboxylic acids is 3. The zero-order valence-electron chi connectivity index (χ0n) is 36.1. The number of phenolic OH excluding ortho intramolecular Hbond substituents is 2. The van der Waals surface area contributed by atoms with Crippen molar-refractivity contribution < 1.29 is 54.1 Å². The second-order valence-corrected chi connectivity index (χ2v) is 17.7. The van der Waals surface area contributed by atoms with Gasteiger partial charge in [0.25, 0.3) is 11.7 Å². The highest BCUT2D eigenvalue weighted by Gasteiger charge is 2.50. The van der Waals surface area contributed by atoms with Crippen molar-refractivity contribution >= 4 is 34.1 Å². The van der Waals surface area contributed by atoms with E-state index < -0.39 is 88.7 Å². The van der Waals surface area contributed by atoms with Crippen LogP contribution >= 0.6 is 0 Å². The molecular weight excluding hydrogens is 773 g/mol. The Balaban J connectivity index is 1.53. The van der Waals surface area contributed by atoms with Gasteiger partial charge in [-0.05, 0) is 25.8 Å². The number of ketones is 1. The first kappa shape index (κ1) is 44.7. The minimum Gasteiger partial charge on any atom is -0.507 e. The summed E-state index contributed by atoms with van der Waals surface area (Å²) in [5, 5.41) is 61.1. The normalized spacial score (nSPS) is 33.0. The first-order valence-corrected chi connectivity index (χ1v) is 20.8. The lowest BCUT2D eigenvalue weighted by Crippen LogP contribution is -2.46. The Hall–Kier alpha value is -4.83. The van der Waals surface area contributed by atoms with Crippen LogP contribution in [0.4, 0.5) is 5.69 Å². The molecule has 0 unspecified atom stereocenters. The summed E-state index contributed by atoms with van der Waals surface area (Å²) in [7, 11) is 0. The molecule has 7 rings (SSSR count). The first-order valence-electron chi connectivity index (χ1n) is 20.8. The molecule has 1 amide bonds. The van der Waals surface area contributed by atoms with Gasteiger partial charge in [-0.15, -0.1) is 0 Å². The van der Waals surface area contributed by atoms with Crippen molar-refractivity contribution in [3.63, 3.8) is 0 Å². The van der Waals surface area contributed by atoms with Crippen LogP contribution in [0.5, 0.6) is 17.2 Å². The lowest BCUT2D eigenvalue weighted by molar-refractivity contribution is -0.159. The summed E-state index contributed by atoms with van der Waals surface area (Å²) in [6, 6.07) is 0. The Labute approximate surface area is 350 Å². The Kier molecular flexibility index (Phi) is 12.6. The van der Waals surface area contributed by atoms with Crippen molar-refractivity contribution in [1.82, 2.24) is 4.90 Å². The maximum Gasteiger partial charge on any atom is 0.312 e.